The first-order valence-electron chi connectivity index (χ1n) is 6.24. The highest BCUT2D eigenvalue weighted by Gasteiger charge is 2.34. The molecule has 2 heterocycles. The van der Waals surface area contributed by atoms with Gasteiger partial charge in [0.2, 0.25) is 11.7 Å². The molecule has 21 heavy (non-hydrogen) atoms. The van der Waals surface area contributed by atoms with E-state index in [1.165, 1.54) is 6.20 Å². The summed E-state index contributed by atoms with van der Waals surface area (Å²) in [6.45, 7) is 0. The van der Waals surface area contributed by atoms with Crippen LogP contribution in [0.1, 0.15) is 23.4 Å². The van der Waals surface area contributed by atoms with Gasteiger partial charge in [0.15, 0.2) is 0 Å². The van der Waals surface area contributed by atoms with Crippen molar-refractivity contribution in [2.45, 2.75) is 12.8 Å². The van der Waals surface area contributed by atoms with Gasteiger partial charge in [-0.3, -0.25) is 9.59 Å². The third kappa shape index (κ3) is 2.53. The molecule has 7 nitrogen and oxygen atoms in total. The van der Waals surface area contributed by atoms with E-state index in [1.54, 1.807) is 24.3 Å². The number of amides is 2. The maximum Gasteiger partial charge on any atom is 0.400 e. The maximum atomic E-state index is 11.8. The average Bonchev–Trinajstić information content (AvgIpc) is 3.11. The summed E-state index contributed by atoms with van der Waals surface area (Å²) in [5.41, 5.74) is 0.699. The van der Waals surface area contributed by atoms with Gasteiger partial charge in [-0.25, -0.2) is 9.78 Å². The van der Waals surface area contributed by atoms with Gasteiger partial charge in [0.25, 0.3) is 11.8 Å². The predicted molar refractivity (Wildman–Crippen MR) is 68.4 cm³/mol. The van der Waals surface area contributed by atoms with Gasteiger partial charge in [0.1, 0.15) is 0 Å². The van der Waals surface area contributed by atoms with Crippen LogP contribution in [0.4, 0.5) is 0 Å². The van der Waals surface area contributed by atoms with Crippen LogP contribution in [0.3, 0.4) is 0 Å². The molecule has 2 aromatic rings. The lowest BCUT2D eigenvalue weighted by molar-refractivity contribution is -0.173. The second-order valence-electron chi connectivity index (χ2n) is 4.36. The van der Waals surface area contributed by atoms with E-state index in [4.69, 9.17) is 9.25 Å². The predicted octanol–water partition coefficient (Wildman–Crippen LogP) is 1.56. The fourth-order valence-electron chi connectivity index (χ4n) is 1.87. The van der Waals surface area contributed by atoms with Crippen LogP contribution in [0.25, 0.3) is 11.5 Å². The minimum absolute atomic E-state index is 0.0395. The van der Waals surface area contributed by atoms with Gasteiger partial charge in [0, 0.05) is 18.4 Å². The van der Waals surface area contributed by atoms with Crippen LogP contribution in [0.15, 0.2) is 40.9 Å². The molecule has 1 fully saturated rings. The van der Waals surface area contributed by atoms with Crippen molar-refractivity contribution >= 4 is 17.8 Å². The van der Waals surface area contributed by atoms with Gasteiger partial charge in [-0.15, -0.1) is 5.06 Å². The third-order valence-electron chi connectivity index (χ3n) is 2.91. The second kappa shape index (κ2) is 5.20. The molecule has 0 spiro atoms. The van der Waals surface area contributed by atoms with Crippen molar-refractivity contribution < 1.29 is 23.6 Å². The van der Waals surface area contributed by atoms with Gasteiger partial charge in [0.05, 0.1) is 6.20 Å². The van der Waals surface area contributed by atoms with Crippen molar-refractivity contribution in [3.63, 3.8) is 0 Å². The Balaban J connectivity index is 1.76. The Bertz CT molecular complexity index is 691. The Morgan fingerprint density at radius 3 is 2.48 bits per heavy atom. The van der Waals surface area contributed by atoms with Crippen LogP contribution in [0.5, 0.6) is 0 Å². The smallest absolute Gasteiger partial charge is 0.400 e. The highest BCUT2D eigenvalue weighted by atomic mass is 16.7. The number of carbonyl (C=O) groups excluding carboxylic acids is 3. The molecule has 0 radical (unpaired) electrons. The first-order valence-corrected chi connectivity index (χ1v) is 6.24. The third-order valence-corrected chi connectivity index (χ3v) is 2.91. The fraction of sp³-hybridized carbons (Fsp3) is 0.143. The van der Waals surface area contributed by atoms with Crippen molar-refractivity contribution in [1.82, 2.24) is 10.0 Å². The quantitative estimate of drug-likeness (QED) is 0.795. The molecule has 1 aliphatic heterocycles. The number of imide groups is 1. The highest BCUT2D eigenvalue weighted by Crippen LogP contribution is 2.20. The first kappa shape index (κ1) is 13.0. The van der Waals surface area contributed by atoms with Crippen molar-refractivity contribution in [3.05, 3.63) is 42.3 Å². The number of rotatable bonds is 3. The number of hydrogen-bond donors (Lipinski definition) is 0. The van der Waals surface area contributed by atoms with Crippen LogP contribution in [-0.2, 0) is 14.4 Å². The standard InChI is InChI=1S/C14H10N2O5/c17-11-6-7-12(18)16(11)21-14(19)10-8-15-13(20-10)9-4-2-1-3-5-9/h1-5,8H,6-7H2. The topological polar surface area (TPSA) is 89.7 Å². The van der Waals surface area contributed by atoms with E-state index in [1.807, 2.05) is 6.07 Å². The van der Waals surface area contributed by atoms with Crippen LogP contribution in [-0.4, -0.2) is 27.8 Å². The molecule has 0 N–H and O–H groups in total. The van der Waals surface area contributed by atoms with Crippen LogP contribution in [0, 0.1) is 0 Å². The largest absolute Gasteiger partial charge is 0.429 e. The van der Waals surface area contributed by atoms with Gasteiger partial charge < -0.3 is 9.25 Å². The van der Waals surface area contributed by atoms with E-state index in [0.29, 0.717) is 10.6 Å². The number of aromatic nitrogens is 1. The zero-order valence-electron chi connectivity index (χ0n) is 10.8. The van der Waals surface area contributed by atoms with E-state index in [2.05, 4.69) is 4.98 Å². The second-order valence-corrected chi connectivity index (χ2v) is 4.36. The van der Waals surface area contributed by atoms with E-state index in [9.17, 15) is 14.4 Å². The molecule has 106 valence electrons. The lowest BCUT2D eigenvalue weighted by Crippen LogP contribution is -2.31. The number of hydrogen-bond acceptors (Lipinski definition) is 6. The van der Waals surface area contributed by atoms with Crippen molar-refractivity contribution in [2.75, 3.05) is 0 Å². The van der Waals surface area contributed by atoms with Crippen molar-refractivity contribution in [2.24, 2.45) is 0 Å². The Morgan fingerprint density at radius 2 is 1.81 bits per heavy atom. The summed E-state index contributed by atoms with van der Waals surface area (Å²) >= 11 is 0. The molecule has 7 heteroatoms. The normalized spacial score (nSPS) is 14.6. The van der Waals surface area contributed by atoms with E-state index >= 15 is 0 Å². The summed E-state index contributed by atoms with van der Waals surface area (Å²) in [7, 11) is 0. The summed E-state index contributed by atoms with van der Waals surface area (Å²) < 4.78 is 5.28. The molecule has 0 atom stereocenters. The molecule has 0 saturated carbocycles. The molecule has 1 saturated heterocycles. The number of carbonyl (C=O) groups is 3. The number of hydroxylamine groups is 2. The number of oxazole rings is 1. The molecule has 0 bridgehead atoms. The van der Waals surface area contributed by atoms with Gasteiger partial charge in [-0.1, -0.05) is 18.2 Å². The van der Waals surface area contributed by atoms with Crippen molar-refractivity contribution in [3.8, 4) is 11.5 Å². The van der Waals surface area contributed by atoms with Gasteiger partial charge >= 0.3 is 5.97 Å². The minimum atomic E-state index is -0.937. The lowest BCUT2D eigenvalue weighted by Gasteiger charge is -2.10. The monoisotopic (exact) mass is 286 g/mol. The molecule has 0 unspecified atom stereocenters. The van der Waals surface area contributed by atoms with Crippen LogP contribution in [0.2, 0.25) is 0 Å². The Hall–Kier alpha value is -2.96. The lowest BCUT2D eigenvalue weighted by atomic mass is 10.2. The Labute approximate surface area is 119 Å². The summed E-state index contributed by atoms with van der Waals surface area (Å²) in [4.78, 5) is 43.3. The minimum Gasteiger partial charge on any atom is -0.429 e. The Kier molecular flexibility index (Phi) is 3.23. The van der Waals surface area contributed by atoms with E-state index in [0.717, 1.165) is 0 Å². The highest BCUT2D eigenvalue weighted by molar-refractivity contribution is 6.02. The fourth-order valence-corrected chi connectivity index (χ4v) is 1.87. The summed E-state index contributed by atoms with van der Waals surface area (Å²) in [5.74, 6) is -1.96. The summed E-state index contributed by atoms with van der Waals surface area (Å²) in [6.07, 6.45) is 1.27. The molecular formula is C14H10N2O5. The average molecular weight is 286 g/mol. The van der Waals surface area contributed by atoms with E-state index in [-0.39, 0.29) is 24.5 Å². The molecule has 0 aliphatic carbocycles. The van der Waals surface area contributed by atoms with Crippen LogP contribution < -0.4 is 0 Å². The molecule has 3 rings (SSSR count). The molecule has 1 aliphatic rings. The number of benzene rings is 1. The van der Waals surface area contributed by atoms with Crippen molar-refractivity contribution in [1.29, 1.82) is 0 Å². The van der Waals surface area contributed by atoms with E-state index < -0.39 is 17.8 Å². The molecular weight excluding hydrogens is 276 g/mol. The maximum absolute atomic E-state index is 11.8. The van der Waals surface area contributed by atoms with Gasteiger partial charge in [-0.05, 0) is 12.1 Å². The molecule has 1 aromatic heterocycles. The van der Waals surface area contributed by atoms with Crippen LogP contribution >= 0.6 is 0 Å². The van der Waals surface area contributed by atoms with Gasteiger partial charge in [-0.2, -0.15) is 0 Å². The zero-order valence-corrected chi connectivity index (χ0v) is 10.8. The Morgan fingerprint density at radius 1 is 1.14 bits per heavy atom. The molecule has 2 amide bonds. The summed E-state index contributed by atoms with van der Waals surface area (Å²) in [5, 5.41) is 0.465. The zero-order chi connectivity index (χ0) is 14.8. The summed E-state index contributed by atoms with van der Waals surface area (Å²) in [6, 6.07) is 8.99. The first-order chi connectivity index (χ1) is 10.1. The molecule has 1 aromatic carbocycles. The number of nitrogens with zero attached hydrogens (tertiary/aromatic N) is 2. The SMILES string of the molecule is O=C(ON1C(=O)CCC1=O)c1cnc(-c2ccccc2)o1.